The molecule has 0 heterocycles. The van der Waals surface area contributed by atoms with Crippen LogP contribution in [0.5, 0.6) is 0 Å². The SMILES string of the molecule is CC(C=Cc1ccccc1)=NNC(=O)CCCCCCC(=O)NN=C(C)C=Cc1ccccc1. The van der Waals surface area contributed by atoms with Crippen molar-refractivity contribution in [3.8, 4) is 0 Å². The van der Waals surface area contributed by atoms with Gasteiger partial charge in [0.15, 0.2) is 0 Å². The van der Waals surface area contributed by atoms with Gasteiger partial charge in [-0.25, -0.2) is 10.9 Å². The molecule has 0 aromatic heterocycles. The Hall–Kier alpha value is -3.80. The number of hydrogen-bond acceptors (Lipinski definition) is 4. The Morgan fingerprint density at radius 2 is 1.03 bits per heavy atom. The van der Waals surface area contributed by atoms with E-state index in [0.29, 0.717) is 12.8 Å². The second-order valence-corrected chi connectivity index (χ2v) is 7.98. The predicted octanol–water partition coefficient (Wildman–Crippen LogP) is 5.74. The highest BCUT2D eigenvalue weighted by molar-refractivity contribution is 5.97. The van der Waals surface area contributed by atoms with Crippen molar-refractivity contribution in [1.82, 2.24) is 10.9 Å². The standard InChI is InChI=1S/C28H34N4O2/c1-23(19-21-25-13-7-5-8-14-25)29-31-27(33)17-11-3-4-12-18-28(34)32-30-24(2)20-22-26-15-9-6-10-16-26/h5-10,13-16,19-22H,3-4,11-12,17-18H2,1-2H3,(H,31,33)(H,32,34). The van der Waals surface area contributed by atoms with Crippen molar-refractivity contribution in [2.24, 2.45) is 10.2 Å². The van der Waals surface area contributed by atoms with Crippen LogP contribution in [0.25, 0.3) is 12.2 Å². The van der Waals surface area contributed by atoms with E-state index in [2.05, 4.69) is 21.1 Å². The molecule has 0 saturated carbocycles. The summed E-state index contributed by atoms with van der Waals surface area (Å²) in [6, 6.07) is 19.8. The lowest BCUT2D eigenvalue weighted by molar-refractivity contribution is -0.122. The van der Waals surface area contributed by atoms with Gasteiger partial charge in [-0.2, -0.15) is 10.2 Å². The van der Waals surface area contributed by atoms with Gasteiger partial charge in [-0.05, 0) is 50.0 Å². The van der Waals surface area contributed by atoms with Crippen molar-refractivity contribution in [2.45, 2.75) is 52.4 Å². The molecule has 2 amide bonds. The topological polar surface area (TPSA) is 82.9 Å². The molecular weight excluding hydrogens is 424 g/mol. The van der Waals surface area contributed by atoms with Crippen molar-refractivity contribution < 1.29 is 9.59 Å². The molecule has 6 heteroatoms. The normalized spacial score (nSPS) is 12.3. The number of nitrogens with one attached hydrogen (secondary N) is 2. The van der Waals surface area contributed by atoms with E-state index in [1.807, 2.05) is 98.8 Å². The summed E-state index contributed by atoms with van der Waals surface area (Å²) in [5.41, 5.74) is 8.81. The molecule has 178 valence electrons. The molecule has 0 aliphatic heterocycles. The number of carbonyl (C=O) groups excluding carboxylic acids is 2. The van der Waals surface area contributed by atoms with Gasteiger partial charge in [-0.3, -0.25) is 9.59 Å². The summed E-state index contributed by atoms with van der Waals surface area (Å²) in [4.78, 5) is 23.9. The van der Waals surface area contributed by atoms with E-state index < -0.39 is 0 Å². The number of rotatable bonds is 13. The lowest BCUT2D eigenvalue weighted by atomic mass is 10.1. The minimum atomic E-state index is -0.0985. The summed E-state index contributed by atoms with van der Waals surface area (Å²) >= 11 is 0. The number of allylic oxidation sites excluding steroid dienone is 2. The van der Waals surface area contributed by atoms with Crippen LogP contribution in [-0.4, -0.2) is 23.2 Å². The zero-order valence-corrected chi connectivity index (χ0v) is 20.0. The third-order valence-electron chi connectivity index (χ3n) is 4.90. The van der Waals surface area contributed by atoms with E-state index in [1.54, 1.807) is 0 Å². The highest BCUT2D eigenvalue weighted by Crippen LogP contribution is 2.06. The van der Waals surface area contributed by atoms with Crippen LogP contribution in [-0.2, 0) is 9.59 Å². The van der Waals surface area contributed by atoms with Gasteiger partial charge in [-0.1, -0.05) is 85.7 Å². The molecule has 0 atom stereocenters. The van der Waals surface area contributed by atoms with Gasteiger partial charge < -0.3 is 0 Å². The van der Waals surface area contributed by atoms with E-state index in [9.17, 15) is 9.59 Å². The number of carbonyl (C=O) groups is 2. The average molecular weight is 459 g/mol. The Morgan fingerprint density at radius 1 is 0.647 bits per heavy atom. The maximum atomic E-state index is 11.9. The summed E-state index contributed by atoms with van der Waals surface area (Å²) < 4.78 is 0. The van der Waals surface area contributed by atoms with E-state index >= 15 is 0 Å². The van der Waals surface area contributed by atoms with Gasteiger partial charge in [0.2, 0.25) is 11.8 Å². The first-order chi connectivity index (χ1) is 16.5. The smallest absolute Gasteiger partial charge is 0.240 e. The third kappa shape index (κ3) is 12.3. The number of unbranched alkanes of at least 4 members (excludes halogenated alkanes) is 3. The molecular formula is C28H34N4O2. The quantitative estimate of drug-likeness (QED) is 0.228. The van der Waals surface area contributed by atoms with Crippen LogP contribution in [0.3, 0.4) is 0 Å². The van der Waals surface area contributed by atoms with Crippen LogP contribution in [0.1, 0.15) is 63.5 Å². The lowest BCUT2D eigenvalue weighted by Crippen LogP contribution is -2.18. The van der Waals surface area contributed by atoms with Crippen molar-refractivity contribution in [1.29, 1.82) is 0 Å². The highest BCUT2D eigenvalue weighted by Gasteiger charge is 2.02. The maximum absolute atomic E-state index is 11.9. The Balaban J connectivity index is 1.53. The first kappa shape index (κ1) is 26.5. The van der Waals surface area contributed by atoms with E-state index in [-0.39, 0.29) is 11.8 Å². The third-order valence-corrected chi connectivity index (χ3v) is 4.90. The van der Waals surface area contributed by atoms with Gasteiger partial charge in [0, 0.05) is 12.8 Å². The molecule has 2 rings (SSSR count). The Bertz CT molecular complexity index is 926. The second kappa shape index (κ2) is 15.9. The van der Waals surface area contributed by atoms with E-state index in [4.69, 9.17) is 0 Å². The Labute approximate surface area is 202 Å². The largest absolute Gasteiger partial charge is 0.273 e. The molecule has 6 nitrogen and oxygen atoms in total. The highest BCUT2D eigenvalue weighted by atomic mass is 16.2. The van der Waals surface area contributed by atoms with Crippen molar-refractivity contribution in [2.75, 3.05) is 0 Å². The molecule has 0 unspecified atom stereocenters. The number of benzene rings is 2. The molecule has 2 aromatic carbocycles. The molecule has 0 aliphatic carbocycles. The molecule has 0 aliphatic rings. The summed E-state index contributed by atoms with van der Waals surface area (Å²) in [7, 11) is 0. The summed E-state index contributed by atoms with van der Waals surface area (Å²) in [6.07, 6.45) is 11.8. The molecule has 0 radical (unpaired) electrons. The van der Waals surface area contributed by atoms with Crippen LogP contribution in [0.15, 0.2) is 83.0 Å². The van der Waals surface area contributed by atoms with Crippen molar-refractivity contribution in [3.05, 3.63) is 83.9 Å². The first-order valence-corrected chi connectivity index (χ1v) is 11.7. The second-order valence-electron chi connectivity index (χ2n) is 7.98. The van der Waals surface area contributed by atoms with Gasteiger partial charge in [0.25, 0.3) is 0 Å². The van der Waals surface area contributed by atoms with Crippen LogP contribution in [0.4, 0.5) is 0 Å². The molecule has 0 spiro atoms. The van der Waals surface area contributed by atoms with Gasteiger partial charge in [0.1, 0.15) is 0 Å². The summed E-state index contributed by atoms with van der Waals surface area (Å²) in [6.45, 7) is 3.69. The molecule has 34 heavy (non-hydrogen) atoms. The fraction of sp³-hybridized carbons (Fsp3) is 0.286. The van der Waals surface area contributed by atoms with Crippen LogP contribution in [0.2, 0.25) is 0 Å². The van der Waals surface area contributed by atoms with E-state index in [1.165, 1.54) is 0 Å². The van der Waals surface area contributed by atoms with Crippen molar-refractivity contribution in [3.63, 3.8) is 0 Å². The lowest BCUT2D eigenvalue weighted by Gasteiger charge is -2.02. The number of hydrogen-bond donors (Lipinski definition) is 2. The monoisotopic (exact) mass is 458 g/mol. The Morgan fingerprint density at radius 3 is 1.41 bits per heavy atom. The van der Waals surface area contributed by atoms with Gasteiger partial charge in [-0.15, -0.1) is 0 Å². The zero-order valence-electron chi connectivity index (χ0n) is 20.0. The number of amides is 2. The number of nitrogens with zero attached hydrogens (tertiary/aromatic N) is 2. The number of hydrazone groups is 2. The molecule has 0 fully saturated rings. The van der Waals surface area contributed by atoms with Crippen LogP contribution in [0, 0.1) is 0 Å². The predicted molar refractivity (Wildman–Crippen MR) is 141 cm³/mol. The minimum Gasteiger partial charge on any atom is -0.273 e. The molecule has 2 N–H and O–H groups in total. The van der Waals surface area contributed by atoms with Gasteiger partial charge >= 0.3 is 0 Å². The fourth-order valence-electron chi connectivity index (χ4n) is 2.97. The molecule has 0 saturated heterocycles. The van der Waals surface area contributed by atoms with Gasteiger partial charge in [0.05, 0.1) is 11.4 Å². The zero-order chi connectivity index (χ0) is 24.4. The average Bonchev–Trinajstić information content (AvgIpc) is 2.87. The minimum absolute atomic E-state index is 0.0985. The van der Waals surface area contributed by atoms with Crippen LogP contribution >= 0.6 is 0 Å². The van der Waals surface area contributed by atoms with Crippen LogP contribution < -0.4 is 10.9 Å². The molecule has 2 aromatic rings. The molecule has 0 bridgehead atoms. The first-order valence-electron chi connectivity index (χ1n) is 11.7. The van der Waals surface area contributed by atoms with Crippen molar-refractivity contribution >= 4 is 35.4 Å². The maximum Gasteiger partial charge on any atom is 0.240 e. The van der Waals surface area contributed by atoms with E-state index in [0.717, 1.165) is 48.2 Å². The Kier molecular flexibility index (Phi) is 12.4. The fourth-order valence-corrected chi connectivity index (χ4v) is 2.97. The summed E-state index contributed by atoms with van der Waals surface area (Å²) in [5, 5.41) is 8.21. The summed E-state index contributed by atoms with van der Waals surface area (Å²) in [5.74, 6) is -0.197.